The van der Waals surface area contributed by atoms with Crippen LogP contribution in [0.1, 0.15) is 51.4 Å². The van der Waals surface area contributed by atoms with Crippen molar-refractivity contribution in [1.29, 1.82) is 0 Å². The molecule has 1 saturated carbocycles. The molecule has 0 aromatic heterocycles. The Morgan fingerprint density at radius 1 is 1.09 bits per heavy atom. The molecule has 1 fully saturated rings. The van der Waals surface area contributed by atoms with Gasteiger partial charge >= 0.3 is 0 Å². The number of benzene rings is 1. The van der Waals surface area contributed by atoms with E-state index < -0.39 is 0 Å². The summed E-state index contributed by atoms with van der Waals surface area (Å²) in [5.74, 6) is 2.25. The van der Waals surface area contributed by atoms with Crippen molar-refractivity contribution in [2.45, 2.75) is 51.4 Å². The van der Waals surface area contributed by atoms with Crippen molar-refractivity contribution in [3.05, 3.63) is 18.2 Å². The maximum absolute atomic E-state index is 12.1. The molecule has 2 rings (SSSR count). The summed E-state index contributed by atoms with van der Waals surface area (Å²) in [5.41, 5.74) is 0.721. The Bertz CT molecular complexity index is 459. The number of anilines is 1. The Labute approximate surface area is 133 Å². The zero-order valence-electron chi connectivity index (χ0n) is 13.7. The second kappa shape index (κ2) is 8.66. The number of nitrogens with one attached hydrogen (secondary N) is 1. The number of amides is 1. The molecule has 0 radical (unpaired) electrons. The summed E-state index contributed by atoms with van der Waals surface area (Å²) < 4.78 is 10.4. The van der Waals surface area contributed by atoms with E-state index in [2.05, 4.69) is 5.32 Å². The lowest BCUT2D eigenvalue weighted by Gasteiger charge is -2.21. The second-order valence-electron chi connectivity index (χ2n) is 6.05. The minimum atomic E-state index is 0.0612. The van der Waals surface area contributed by atoms with Crippen molar-refractivity contribution in [1.82, 2.24) is 0 Å². The Kier molecular flexibility index (Phi) is 6.56. The first-order chi connectivity index (χ1) is 10.7. The zero-order valence-corrected chi connectivity index (χ0v) is 13.7. The summed E-state index contributed by atoms with van der Waals surface area (Å²) in [6.45, 7) is 0. The van der Waals surface area contributed by atoms with Crippen LogP contribution in [0.3, 0.4) is 0 Å². The molecule has 4 nitrogen and oxygen atoms in total. The molecule has 1 aliphatic rings. The quantitative estimate of drug-likeness (QED) is 0.812. The van der Waals surface area contributed by atoms with Gasteiger partial charge in [0.1, 0.15) is 11.5 Å². The van der Waals surface area contributed by atoms with Gasteiger partial charge in [0.05, 0.1) is 14.2 Å². The molecule has 0 spiro atoms. The largest absolute Gasteiger partial charge is 0.497 e. The topological polar surface area (TPSA) is 47.6 Å². The minimum absolute atomic E-state index is 0.0612. The molecule has 122 valence electrons. The molecule has 1 aliphatic carbocycles. The van der Waals surface area contributed by atoms with E-state index in [1.54, 1.807) is 20.3 Å². The highest BCUT2D eigenvalue weighted by Crippen LogP contribution is 2.28. The van der Waals surface area contributed by atoms with Gasteiger partial charge in [-0.2, -0.15) is 0 Å². The summed E-state index contributed by atoms with van der Waals surface area (Å²) in [6, 6.07) is 5.40. The monoisotopic (exact) mass is 305 g/mol. The van der Waals surface area contributed by atoms with Crippen LogP contribution in [-0.2, 0) is 4.79 Å². The van der Waals surface area contributed by atoms with Crippen molar-refractivity contribution < 1.29 is 14.3 Å². The fourth-order valence-corrected chi connectivity index (χ4v) is 3.13. The van der Waals surface area contributed by atoms with Gasteiger partial charge in [0.25, 0.3) is 0 Å². The van der Waals surface area contributed by atoms with Crippen LogP contribution >= 0.6 is 0 Å². The molecule has 0 unspecified atom stereocenters. The van der Waals surface area contributed by atoms with E-state index in [1.807, 2.05) is 12.1 Å². The number of ether oxygens (including phenoxy) is 2. The third-order valence-electron chi connectivity index (χ3n) is 4.38. The smallest absolute Gasteiger partial charge is 0.224 e. The van der Waals surface area contributed by atoms with Crippen molar-refractivity contribution in [3.8, 4) is 11.5 Å². The van der Waals surface area contributed by atoms with E-state index in [-0.39, 0.29) is 5.91 Å². The number of methoxy groups -OCH3 is 2. The molecule has 0 atom stereocenters. The van der Waals surface area contributed by atoms with Crippen LogP contribution in [0.15, 0.2) is 18.2 Å². The predicted octanol–water partition coefficient (Wildman–Crippen LogP) is 4.39. The van der Waals surface area contributed by atoms with Crippen molar-refractivity contribution in [2.75, 3.05) is 19.5 Å². The molecule has 22 heavy (non-hydrogen) atoms. The lowest BCUT2D eigenvalue weighted by atomic mass is 9.86. The second-order valence-corrected chi connectivity index (χ2v) is 6.05. The van der Waals surface area contributed by atoms with Crippen LogP contribution in [0, 0.1) is 5.92 Å². The summed E-state index contributed by atoms with van der Waals surface area (Å²) >= 11 is 0. The molecular formula is C18H27NO3. The lowest BCUT2D eigenvalue weighted by molar-refractivity contribution is -0.116. The van der Waals surface area contributed by atoms with E-state index >= 15 is 0 Å². The summed E-state index contributed by atoms with van der Waals surface area (Å²) in [7, 11) is 3.20. The summed E-state index contributed by atoms with van der Waals surface area (Å²) in [6.07, 6.45) is 9.52. The predicted molar refractivity (Wildman–Crippen MR) is 88.6 cm³/mol. The van der Waals surface area contributed by atoms with Gasteiger partial charge in [0, 0.05) is 30.3 Å². The van der Waals surface area contributed by atoms with Crippen LogP contribution in [0.4, 0.5) is 5.69 Å². The summed E-state index contributed by atoms with van der Waals surface area (Å²) in [5, 5.41) is 2.93. The van der Waals surface area contributed by atoms with Gasteiger partial charge in [0.2, 0.25) is 5.91 Å². The molecule has 0 heterocycles. The highest BCUT2D eigenvalue weighted by atomic mass is 16.5. The first-order valence-electron chi connectivity index (χ1n) is 8.24. The zero-order chi connectivity index (χ0) is 15.8. The SMILES string of the molecule is COc1cc(NC(=O)CCCC2CCCCC2)cc(OC)c1. The minimum Gasteiger partial charge on any atom is -0.497 e. The molecule has 1 aromatic carbocycles. The van der Waals surface area contributed by atoms with Gasteiger partial charge in [-0.1, -0.05) is 32.1 Å². The number of hydrogen-bond acceptors (Lipinski definition) is 3. The highest BCUT2D eigenvalue weighted by molar-refractivity contribution is 5.91. The molecule has 1 aromatic rings. The Morgan fingerprint density at radius 2 is 1.73 bits per heavy atom. The number of hydrogen-bond donors (Lipinski definition) is 1. The Hall–Kier alpha value is -1.71. The van der Waals surface area contributed by atoms with Gasteiger partial charge in [0.15, 0.2) is 0 Å². The van der Waals surface area contributed by atoms with E-state index in [0.717, 1.165) is 18.0 Å². The van der Waals surface area contributed by atoms with Gasteiger partial charge < -0.3 is 14.8 Å². The molecule has 0 aliphatic heterocycles. The van der Waals surface area contributed by atoms with Gasteiger partial charge in [-0.15, -0.1) is 0 Å². The Balaban J connectivity index is 1.78. The van der Waals surface area contributed by atoms with Crippen molar-refractivity contribution in [3.63, 3.8) is 0 Å². The molecular weight excluding hydrogens is 278 g/mol. The number of rotatable bonds is 7. The van der Waals surface area contributed by atoms with Crippen LogP contribution in [0.5, 0.6) is 11.5 Å². The fraction of sp³-hybridized carbons (Fsp3) is 0.611. The van der Waals surface area contributed by atoms with Crippen LogP contribution in [0.2, 0.25) is 0 Å². The van der Waals surface area contributed by atoms with Crippen molar-refractivity contribution >= 4 is 11.6 Å². The number of carbonyl (C=O) groups is 1. The van der Waals surface area contributed by atoms with Crippen LogP contribution in [0.25, 0.3) is 0 Å². The average molecular weight is 305 g/mol. The van der Waals surface area contributed by atoms with Gasteiger partial charge in [-0.3, -0.25) is 4.79 Å². The van der Waals surface area contributed by atoms with E-state index in [0.29, 0.717) is 17.9 Å². The van der Waals surface area contributed by atoms with Gasteiger partial charge in [-0.05, 0) is 18.8 Å². The van der Waals surface area contributed by atoms with E-state index in [1.165, 1.54) is 38.5 Å². The third kappa shape index (κ3) is 5.24. The van der Waals surface area contributed by atoms with E-state index in [9.17, 15) is 4.79 Å². The summed E-state index contributed by atoms with van der Waals surface area (Å²) in [4.78, 5) is 12.1. The Morgan fingerprint density at radius 3 is 2.32 bits per heavy atom. The first-order valence-corrected chi connectivity index (χ1v) is 8.24. The lowest BCUT2D eigenvalue weighted by Crippen LogP contribution is -2.13. The van der Waals surface area contributed by atoms with Crippen molar-refractivity contribution in [2.24, 2.45) is 5.92 Å². The molecule has 1 N–H and O–H groups in total. The third-order valence-corrected chi connectivity index (χ3v) is 4.38. The maximum atomic E-state index is 12.1. The molecule has 0 saturated heterocycles. The van der Waals surface area contributed by atoms with Crippen LogP contribution in [-0.4, -0.2) is 20.1 Å². The molecule has 0 bridgehead atoms. The highest BCUT2D eigenvalue weighted by Gasteiger charge is 2.14. The normalized spacial score (nSPS) is 15.4. The van der Waals surface area contributed by atoms with Gasteiger partial charge in [-0.25, -0.2) is 0 Å². The maximum Gasteiger partial charge on any atom is 0.224 e. The average Bonchev–Trinajstić information content (AvgIpc) is 2.55. The molecule has 4 heteroatoms. The van der Waals surface area contributed by atoms with E-state index in [4.69, 9.17) is 9.47 Å². The van der Waals surface area contributed by atoms with Crippen LogP contribution < -0.4 is 14.8 Å². The first kappa shape index (κ1) is 16.7. The molecule has 1 amide bonds. The number of carbonyl (C=O) groups excluding carboxylic acids is 1. The standard InChI is InChI=1S/C18H27NO3/c1-21-16-11-15(12-17(13-16)22-2)19-18(20)10-6-9-14-7-4-3-5-8-14/h11-14H,3-10H2,1-2H3,(H,19,20). The fourth-order valence-electron chi connectivity index (χ4n) is 3.13.